The van der Waals surface area contributed by atoms with Gasteiger partial charge in [0, 0.05) is 16.0 Å². The maximum atomic E-state index is 13.8. The lowest BCUT2D eigenvalue weighted by Gasteiger charge is -2.18. The number of hydrogen-bond donors (Lipinski definition) is 0. The molecule has 2 nitrogen and oxygen atoms in total. The summed E-state index contributed by atoms with van der Waals surface area (Å²) in [5.74, 6) is -1.56. The van der Waals surface area contributed by atoms with Crippen LogP contribution in [-0.2, 0) is 4.79 Å². The first-order valence-corrected chi connectivity index (χ1v) is 5.59. The van der Waals surface area contributed by atoms with Gasteiger partial charge in [-0.2, -0.15) is 0 Å². The van der Waals surface area contributed by atoms with Gasteiger partial charge in [0.2, 0.25) is 12.0 Å². The van der Waals surface area contributed by atoms with Crippen LogP contribution < -0.4 is 0 Å². The van der Waals surface area contributed by atoms with E-state index in [1.807, 2.05) is 0 Å². The number of alkyl halides is 1. The number of halogens is 2. The van der Waals surface area contributed by atoms with Crippen LogP contribution in [0.4, 0.5) is 4.39 Å². The Kier molecular flexibility index (Phi) is 4.04. The van der Waals surface area contributed by atoms with E-state index in [4.69, 9.17) is 11.6 Å². The van der Waals surface area contributed by atoms with Gasteiger partial charge in [0.1, 0.15) is 0 Å². The van der Waals surface area contributed by atoms with Gasteiger partial charge in [0.05, 0.1) is 0 Å². The summed E-state index contributed by atoms with van der Waals surface area (Å²) < 4.78 is 13.8. The average Bonchev–Trinajstić information content (AvgIpc) is 2.25. The summed E-state index contributed by atoms with van der Waals surface area (Å²) in [4.78, 5) is 23.4. The second-order valence-electron chi connectivity index (χ2n) is 4.85. The molecule has 0 aliphatic carbocycles. The Morgan fingerprint density at radius 2 is 1.88 bits per heavy atom. The van der Waals surface area contributed by atoms with Crippen molar-refractivity contribution in [2.75, 3.05) is 0 Å². The topological polar surface area (TPSA) is 34.1 Å². The number of carbonyl (C=O) groups excluding carboxylic acids is 2. The minimum Gasteiger partial charge on any atom is -0.295 e. The number of carbonyl (C=O) groups is 2. The molecule has 1 atom stereocenters. The third-order valence-corrected chi connectivity index (χ3v) is 2.54. The highest BCUT2D eigenvalue weighted by Gasteiger charge is 2.35. The zero-order chi connectivity index (χ0) is 13.2. The summed E-state index contributed by atoms with van der Waals surface area (Å²) in [5, 5.41) is 0.339. The molecule has 0 amide bonds. The largest absolute Gasteiger partial charge is 0.295 e. The SMILES string of the molecule is CC(C)(C)C(=O)C(F)C(=O)c1cccc(Cl)c1. The van der Waals surface area contributed by atoms with Gasteiger partial charge in [-0.05, 0) is 12.1 Å². The molecule has 0 heterocycles. The Hall–Kier alpha value is -1.22. The maximum absolute atomic E-state index is 13.8. The lowest BCUT2D eigenvalue weighted by atomic mass is 9.86. The number of Topliss-reactive ketones (excluding diaryl/α,β-unsaturated/α-hetero) is 2. The molecule has 0 N–H and O–H groups in total. The minimum absolute atomic E-state index is 0.114. The number of hydrogen-bond acceptors (Lipinski definition) is 2. The molecule has 1 aromatic carbocycles. The molecule has 0 aromatic heterocycles. The van der Waals surface area contributed by atoms with Crippen LogP contribution in [0.25, 0.3) is 0 Å². The highest BCUT2D eigenvalue weighted by atomic mass is 35.5. The van der Waals surface area contributed by atoms with Crippen molar-refractivity contribution in [3.63, 3.8) is 0 Å². The Labute approximate surface area is 105 Å². The van der Waals surface area contributed by atoms with Crippen LogP contribution in [0.3, 0.4) is 0 Å². The van der Waals surface area contributed by atoms with Crippen molar-refractivity contribution in [1.82, 2.24) is 0 Å². The zero-order valence-corrected chi connectivity index (χ0v) is 10.7. The summed E-state index contributed by atoms with van der Waals surface area (Å²) in [5.41, 5.74) is -0.768. The monoisotopic (exact) mass is 256 g/mol. The summed E-state index contributed by atoms with van der Waals surface area (Å²) >= 11 is 5.70. The standard InChI is InChI=1S/C13H14ClFO2/c1-13(2,3)12(17)10(15)11(16)8-5-4-6-9(14)7-8/h4-7,10H,1-3H3. The summed E-state index contributed by atoms with van der Waals surface area (Å²) in [7, 11) is 0. The summed E-state index contributed by atoms with van der Waals surface area (Å²) in [6, 6.07) is 5.92. The smallest absolute Gasteiger partial charge is 0.221 e. The molecule has 0 aliphatic rings. The van der Waals surface area contributed by atoms with Gasteiger partial charge in [-0.1, -0.05) is 44.5 Å². The first kappa shape index (κ1) is 13.8. The number of benzene rings is 1. The maximum Gasteiger partial charge on any atom is 0.221 e. The van der Waals surface area contributed by atoms with Gasteiger partial charge < -0.3 is 0 Å². The summed E-state index contributed by atoms with van der Waals surface area (Å²) in [6.45, 7) is 4.73. The van der Waals surface area contributed by atoms with Gasteiger partial charge >= 0.3 is 0 Å². The highest BCUT2D eigenvalue weighted by Crippen LogP contribution is 2.21. The van der Waals surface area contributed by atoms with Gasteiger partial charge in [0.15, 0.2) is 5.78 Å². The molecular weight excluding hydrogens is 243 g/mol. The fourth-order valence-electron chi connectivity index (χ4n) is 1.29. The third kappa shape index (κ3) is 3.37. The van der Waals surface area contributed by atoms with Crippen molar-refractivity contribution in [3.8, 4) is 0 Å². The Bertz CT molecular complexity index is 449. The van der Waals surface area contributed by atoms with Crippen molar-refractivity contribution in [2.45, 2.75) is 26.9 Å². The van der Waals surface area contributed by atoms with Crippen molar-refractivity contribution >= 4 is 23.2 Å². The minimum atomic E-state index is -2.13. The number of rotatable bonds is 3. The van der Waals surface area contributed by atoms with E-state index in [2.05, 4.69) is 0 Å². The van der Waals surface area contributed by atoms with Crippen LogP contribution in [-0.4, -0.2) is 17.7 Å². The normalized spacial score (nSPS) is 13.2. The summed E-state index contributed by atoms with van der Waals surface area (Å²) in [6.07, 6.45) is -2.13. The molecule has 0 bridgehead atoms. The van der Waals surface area contributed by atoms with Crippen LogP contribution in [0.1, 0.15) is 31.1 Å². The van der Waals surface area contributed by atoms with Crippen molar-refractivity contribution in [3.05, 3.63) is 34.9 Å². The van der Waals surface area contributed by atoms with Crippen LogP contribution in [0.15, 0.2) is 24.3 Å². The zero-order valence-electron chi connectivity index (χ0n) is 9.96. The van der Waals surface area contributed by atoms with Gasteiger partial charge in [-0.25, -0.2) is 4.39 Å². The molecule has 0 spiro atoms. The Morgan fingerprint density at radius 1 is 1.29 bits per heavy atom. The molecule has 0 aliphatic heterocycles. The van der Waals surface area contributed by atoms with Crippen LogP contribution >= 0.6 is 11.6 Å². The quantitative estimate of drug-likeness (QED) is 0.613. The second kappa shape index (κ2) is 4.96. The molecule has 92 valence electrons. The van der Waals surface area contributed by atoms with E-state index in [9.17, 15) is 14.0 Å². The Balaban J connectivity index is 2.95. The third-order valence-electron chi connectivity index (χ3n) is 2.31. The van der Waals surface area contributed by atoms with E-state index in [1.165, 1.54) is 12.1 Å². The van der Waals surface area contributed by atoms with E-state index < -0.39 is 23.2 Å². The average molecular weight is 257 g/mol. The van der Waals surface area contributed by atoms with E-state index >= 15 is 0 Å². The van der Waals surface area contributed by atoms with Crippen molar-refractivity contribution in [1.29, 1.82) is 0 Å². The van der Waals surface area contributed by atoms with Crippen LogP contribution in [0, 0.1) is 5.41 Å². The van der Waals surface area contributed by atoms with Gasteiger partial charge in [-0.3, -0.25) is 9.59 Å². The lowest BCUT2D eigenvalue weighted by molar-refractivity contribution is -0.129. The molecule has 0 saturated carbocycles. The highest BCUT2D eigenvalue weighted by molar-refractivity contribution is 6.31. The van der Waals surface area contributed by atoms with Gasteiger partial charge in [0.25, 0.3) is 0 Å². The molecule has 17 heavy (non-hydrogen) atoms. The van der Waals surface area contributed by atoms with E-state index in [1.54, 1.807) is 32.9 Å². The molecule has 1 rings (SSSR count). The molecule has 1 aromatic rings. The number of ketones is 2. The molecule has 0 fully saturated rings. The van der Waals surface area contributed by atoms with Gasteiger partial charge in [-0.15, -0.1) is 0 Å². The van der Waals surface area contributed by atoms with E-state index in [-0.39, 0.29) is 5.56 Å². The second-order valence-corrected chi connectivity index (χ2v) is 5.29. The van der Waals surface area contributed by atoms with E-state index in [0.29, 0.717) is 5.02 Å². The van der Waals surface area contributed by atoms with E-state index in [0.717, 1.165) is 0 Å². The molecule has 1 unspecified atom stereocenters. The molecular formula is C13H14ClFO2. The molecule has 0 saturated heterocycles. The molecule has 0 radical (unpaired) electrons. The lowest BCUT2D eigenvalue weighted by Crippen LogP contribution is -2.35. The fraction of sp³-hybridized carbons (Fsp3) is 0.385. The van der Waals surface area contributed by atoms with Crippen LogP contribution in [0.2, 0.25) is 5.02 Å². The predicted molar refractivity (Wildman–Crippen MR) is 65.1 cm³/mol. The Morgan fingerprint density at radius 3 is 2.35 bits per heavy atom. The predicted octanol–water partition coefficient (Wildman–Crippen LogP) is 3.48. The van der Waals surface area contributed by atoms with Crippen LogP contribution in [0.5, 0.6) is 0 Å². The first-order valence-electron chi connectivity index (χ1n) is 5.21. The van der Waals surface area contributed by atoms with Crippen molar-refractivity contribution in [2.24, 2.45) is 5.41 Å². The fourth-order valence-corrected chi connectivity index (χ4v) is 1.48. The molecule has 4 heteroatoms. The van der Waals surface area contributed by atoms with Crippen molar-refractivity contribution < 1.29 is 14.0 Å². The first-order chi connectivity index (χ1) is 7.73.